The fourth-order valence-electron chi connectivity index (χ4n) is 10.1. The second-order valence-corrected chi connectivity index (χ2v) is 13.0. The Hall–Kier alpha value is -0.610. The first kappa shape index (κ1) is 23.1. The maximum absolute atomic E-state index is 12.1. The molecule has 3 N–H and O–H groups in total. The molecule has 5 fully saturated rings. The van der Waals surface area contributed by atoms with Crippen molar-refractivity contribution in [3.63, 3.8) is 0 Å². The number of nitrogens with one attached hydrogen (secondary N) is 1. The van der Waals surface area contributed by atoms with Crippen molar-refractivity contribution >= 4 is 5.97 Å². The van der Waals surface area contributed by atoms with Gasteiger partial charge >= 0.3 is 5.97 Å². The number of hydrogen-bond acceptors (Lipinski definition) is 4. The summed E-state index contributed by atoms with van der Waals surface area (Å²) in [6.07, 6.45) is 14.7. The van der Waals surface area contributed by atoms with Crippen molar-refractivity contribution in [2.45, 2.75) is 97.4 Å². The van der Waals surface area contributed by atoms with Crippen molar-refractivity contribution in [3.05, 3.63) is 0 Å². The summed E-state index contributed by atoms with van der Waals surface area (Å²) >= 11 is 0. The number of carbonyl (C=O) groups excluding carboxylic acids is 1. The van der Waals surface area contributed by atoms with Crippen molar-refractivity contribution in [2.75, 3.05) is 19.7 Å². The van der Waals surface area contributed by atoms with Crippen molar-refractivity contribution in [2.24, 2.45) is 58.0 Å². The van der Waals surface area contributed by atoms with E-state index < -0.39 is 0 Å². The van der Waals surface area contributed by atoms with Gasteiger partial charge in [0.05, 0.1) is 12.5 Å². The van der Waals surface area contributed by atoms with Crippen LogP contribution < -0.4 is 11.1 Å². The van der Waals surface area contributed by atoms with Gasteiger partial charge in [0.15, 0.2) is 0 Å². The van der Waals surface area contributed by atoms with E-state index in [1.54, 1.807) is 0 Å². The average Bonchev–Trinajstić information content (AvgIpc) is 3.34. The van der Waals surface area contributed by atoms with Crippen molar-refractivity contribution < 1.29 is 9.53 Å². The van der Waals surface area contributed by atoms with Crippen molar-refractivity contribution in [1.82, 2.24) is 5.32 Å². The monoisotopic (exact) mass is 444 g/mol. The molecule has 1 saturated heterocycles. The molecule has 0 aromatic carbocycles. The van der Waals surface area contributed by atoms with E-state index in [-0.39, 0.29) is 11.9 Å². The van der Waals surface area contributed by atoms with Crippen LogP contribution in [-0.4, -0.2) is 31.7 Å². The van der Waals surface area contributed by atoms with Crippen molar-refractivity contribution in [1.29, 1.82) is 0 Å². The topological polar surface area (TPSA) is 64.3 Å². The molecule has 4 unspecified atom stereocenters. The molecule has 0 bridgehead atoms. The Bertz CT molecular complexity index is 697. The second-order valence-electron chi connectivity index (χ2n) is 13.0. The van der Waals surface area contributed by atoms with Crippen LogP contribution in [0, 0.1) is 52.3 Å². The third kappa shape index (κ3) is 3.76. The number of carbonyl (C=O) groups is 1. The van der Waals surface area contributed by atoms with Crippen LogP contribution in [0.2, 0.25) is 0 Å². The first-order chi connectivity index (χ1) is 15.4. The quantitative estimate of drug-likeness (QED) is 0.556. The predicted molar refractivity (Wildman–Crippen MR) is 129 cm³/mol. The normalized spacial score (nSPS) is 49.1. The number of ether oxygens (including phenoxy) is 1. The molecule has 0 aromatic heterocycles. The molecule has 0 amide bonds. The minimum Gasteiger partial charge on any atom is -0.465 e. The summed E-state index contributed by atoms with van der Waals surface area (Å²) in [6, 6.07) is 0.695. The predicted octanol–water partition coefficient (Wildman–Crippen LogP) is 5.15. The lowest BCUT2D eigenvalue weighted by Gasteiger charge is -2.61. The Balaban J connectivity index is 1.27. The fourth-order valence-corrected chi connectivity index (χ4v) is 10.1. The Morgan fingerprint density at radius 1 is 1.03 bits per heavy atom. The Morgan fingerprint density at radius 2 is 1.81 bits per heavy atom. The lowest BCUT2D eigenvalue weighted by Crippen LogP contribution is -2.55. The molecule has 4 saturated carbocycles. The van der Waals surface area contributed by atoms with E-state index in [4.69, 9.17) is 10.5 Å². The van der Waals surface area contributed by atoms with Gasteiger partial charge in [-0.2, -0.15) is 0 Å². The third-order valence-electron chi connectivity index (χ3n) is 11.7. The molecule has 4 nitrogen and oxygen atoms in total. The number of fused-ring (bicyclic) bond motifs is 5. The molecule has 4 heteroatoms. The molecule has 0 spiro atoms. The average molecular weight is 445 g/mol. The molecule has 5 rings (SSSR count). The molecule has 0 radical (unpaired) electrons. The molecule has 1 heterocycles. The minimum atomic E-state index is 0.0723. The van der Waals surface area contributed by atoms with Gasteiger partial charge in [0.25, 0.3) is 0 Å². The zero-order chi connectivity index (χ0) is 22.5. The summed E-state index contributed by atoms with van der Waals surface area (Å²) in [5.41, 5.74) is 6.80. The fraction of sp³-hybridized carbons (Fsp3) is 0.964. The van der Waals surface area contributed by atoms with Crippen LogP contribution in [0.15, 0.2) is 0 Å². The maximum atomic E-state index is 12.1. The van der Waals surface area contributed by atoms with Gasteiger partial charge in [0.1, 0.15) is 0 Å². The minimum absolute atomic E-state index is 0.0723. The Kier molecular flexibility index (Phi) is 6.42. The van der Waals surface area contributed by atoms with Crippen LogP contribution in [0.4, 0.5) is 0 Å². The molecule has 10 atom stereocenters. The SMILES string of the molecule is C[C@H](CC1CCOC1=O)[C@H]1CCC2C3CC[C@@H]4C[C@@H](NCCN)CC[C@]4(C)C3CC[C@@]21C. The molecule has 32 heavy (non-hydrogen) atoms. The van der Waals surface area contributed by atoms with Gasteiger partial charge in [-0.3, -0.25) is 4.79 Å². The number of cyclic esters (lactones) is 1. The highest BCUT2D eigenvalue weighted by atomic mass is 16.5. The van der Waals surface area contributed by atoms with E-state index in [0.29, 0.717) is 29.4 Å². The molecule has 4 aliphatic carbocycles. The van der Waals surface area contributed by atoms with Gasteiger partial charge in [0, 0.05) is 19.1 Å². The van der Waals surface area contributed by atoms with Gasteiger partial charge in [-0.25, -0.2) is 0 Å². The third-order valence-corrected chi connectivity index (χ3v) is 11.7. The molecular weight excluding hydrogens is 396 g/mol. The van der Waals surface area contributed by atoms with Gasteiger partial charge < -0.3 is 15.8 Å². The molecule has 1 aliphatic heterocycles. The number of nitrogens with two attached hydrogens (primary N) is 1. The van der Waals surface area contributed by atoms with Crippen molar-refractivity contribution in [3.8, 4) is 0 Å². The van der Waals surface area contributed by atoms with E-state index in [1.165, 1.54) is 57.8 Å². The van der Waals surface area contributed by atoms with Gasteiger partial charge in [-0.1, -0.05) is 20.8 Å². The van der Waals surface area contributed by atoms with E-state index in [0.717, 1.165) is 55.5 Å². The molecule has 5 aliphatic rings. The van der Waals surface area contributed by atoms with E-state index in [2.05, 4.69) is 26.1 Å². The lowest BCUT2D eigenvalue weighted by molar-refractivity contribution is -0.142. The van der Waals surface area contributed by atoms with Crippen LogP contribution in [0.3, 0.4) is 0 Å². The van der Waals surface area contributed by atoms with Crippen LogP contribution in [-0.2, 0) is 9.53 Å². The lowest BCUT2D eigenvalue weighted by atomic mass is 9.44. The number of hydrogen-bond donors (Lipinski definition) is 2. The van der Waals surface area contributed by atoms with E-state index >= 15 is 0 Å². The highest BCUT2D eigenvalue weighted by molar-refractivity contribution is 5.74. The summed E-state index contributed by atoms with van der Waals surface area (Å²) in [6.45, 7) is 10.1. The highest BCUT2D eigenvalue weighted by Crippen LogP contribution is 2.68. The number of rotatable bonds is 6. The Morgan fingerprint density at radius 3 is 2.56 bits per heavy atom. The summed E-state index contributed by atoms with van der Waals surface area (Å²) in [7, 11) is 0. The smallest absolute Gasteiger partial charge is 0.309 e. The standard InChI is InChI=1S/C28H48N2O2/c1-18(16-19-10-15-32-26(19)31)23-6-7-24-22-5-4-20-17-21(30-14-13-29)8-11-27(20,2)25(22)9-12-28(23,24)3/h18-25,30H,4-17,29H2,1-3H3/t18-,19?,20-,21+,22?,23-,24?,25?,27+,28-/m1/s1. The summed E-state index contributed by atoms with van der Waals surface area (Å²) < 4.78 is 5.27. The Labute approximate surface area is 196 Å². The van der Waals surface area contributed by atoms with Crippen LogP contribution in [0.25, 0.3) is 0 Å². The van der Waals surface area contributed by atoms with Crippen LogP contribution in [0.5, 0.6) is 0 Å². The first-order valence-corrected chi connectivity index (χ1v) is 14.0. The largest absolute Gasteiger partial charge is 0.465 e. The molecular formula is C28H48N2O2. The van der Waals surface area contributed by atoms with E-state index in [9.17, 15) is 4.79 Å². The maximum Gasteiger partial charge on any atom is 0.309 e. The van der Waals surface area contributed by atoms with Gasteiger partial charge in [-0.05, 0) is 117 Å². The van der Waals surface area contributed by atoms with Crippen LogP contribution >= 0.6 is 0 Å². The van der Waals surface area contributed by atoms with Gasteiger partial charge in [-0.15, -0.1) is 0 Å². The second kappa shape index (κ2) is 8.87. The molecule has 0 aromatic rings. The van der Waals surface area contributed by atoms with Crippen LogP contribution in [0.1, 0.15) is 91.4 Å². The highest BCUT2D eigenvalue weighted by Gasteiger charge is 2.60. The number of esters is 1. The summed E-state index contributed by atoms with van der Waals surface area (Å²) in [5, 5.41) is 3.73. The van der Waals surface area contributed by atoms with Gasteiger partial charge in [0.2, 0.25) is 0 Å². The van der Waals surface area contributed by atoms with E-state index in [1.807, 2.05) is 0 Å². The zero-order valence-corrected chi connectivity index (χ0v) is 20.9. The summed E-state index contributed by atoms with van der Waals surface area (Å²) in [5.74, 6) is 5.38. The first-order valence-electron chi connectivity index (χ1n) is 14.0. The summed E-state index contributed by atoms with van der Waals surface area (Å²) in [4.78, 5) is 12.1. The molecule has 182 valence electrons. The zero-order valence-electron chi connectivity index (χ0n) is 20.9.